The molecule has 2 atom stereocenters. The molecule has 1 aromatic rings. The van der Waals surface area contributed by atoms with Gasteiger partial charge in [-0.3, -0.25) is 9.59 Å². The highest BCUT2D eigenvalue weighted by atomic mass is 16.5. The number of unbranched alkanes of at least 4 members (excludes halogenated alkanes) is 2. The fourth-order valence-corrected chi connectivity index (χ4v) is 4.41. The summed E-state index contributed by atoms with van der Waals surface area (Å²) in [6.07, 6.45) is 6.90. The van der Waals surface area contributed by atoms with E-state index in [2.05, 4.69) is 13.5 Å². The number of carboxylic acids is 1. The Kier molecular flexibility index (Phi) is 8.81. The number of aryl methyl sites for hydroxylation is 1. The molecule has 1 aromatic carbocycles. The first kappa shape index (κ1) is 25.4. The van der Waals surface area contributed by atoms with Gasteiger partial charge in [0.25, 0.3) is 0 Å². The third-order valence-corrected chi connectivity index (χ3v) is 5.84. The van der Waals surface area contributed by atoms with Crippen LogP contribution in [0.25, 0.3) is 0 Å². The normalized spacial score (nSPS) is 18.0. The van der Waals surface area contributed by atoms with Crippen LogP contribution in [-0.2, 0) is 16.0 Å². The van der Waals surface area contributed by atoms with Crippen LogP contribution in [0, 0.1) is 5.92 Å². The Hall–Kier alpha value is -2.89. The maximum Gasteiger partial charge on any atom is 0.339 e. The second-order valence-electron chi connectivity index (χ2n) is 8.63. The zero-order chi connectivity index (χ0) is 24.0. The molecule has 0 fully saturated rings. The molecule has 2 rings (SSSR count). The molecular weight excluding hydrogens is 408 g/mol. The third kappa shape index (κ3) is 6.09. The van der Waals surface area contributed by atoms with Gasteiger partial charge in [0.05, 0.1) is 0 Å². The molecule has 0 bridgehead atoms. The molecule has 0 aromatic heterocycles. The number of hydrogen-bond donors (Lipinski definition) is 1. The molecule has 0 spiro atoms. The average molecular weight is 443 g/mol. The number of aromatic carboxylic acids is 1. The number of allylic oxidation sites excluding steroid dienone is 3. The SMILES string of the molecule is C=C(C)C1CCC(C)=CC1c1c(OC(C)=O)cc(CCCCC)c(C(=O)O)c1OC(C)=O. The maximum atomic E-state index is 12.4. The molecule has 0 saturated heterocycles. The summed E-state index contributed by atoms with van der Waals surface area (Å²) in [6, 6.07) is 1.64. The minimum Gasteiger partial charge on any atom is -0.478 e. The Morgan fingerprint density at radius 1 is 1.12 bits per heavy atom. The second-order valence-corrected chi connectivity index (χ2v) is 8.63. The van der Waals surface area contributed by atoms with E-state index in [9.17, 15) is 19.5 Å². The lowest BCUT2D eigenvalue weighted by atomic mass is 9.73. The van der Waals surface area contributed by atoms with Crippen molar-refractivity contribution in [3.63, 3.8) is 0 Å². The van der Waals surface area contributed by atoms with Crippen molar-refractivity contribution in [1.29, 1.82) is 0 Å². The summed E-state index contributed by atoms with van der Waals surface area (Å²) in [6.45, 7) is 12.7. The molecule has 6 heteroatoms. The van der Waals surface area contributed by atoms with Gasteiger partial charge in [0.15, 0.2) is 5.75 Å². The lowest BCUT2D eigenvalue weighted by molar-refractivity contribution is -0.132. The van der Waals surface area contributed by atoms with Crippen molar-refractivity contribution in [2.75, 3.05) is 0 Å². The predicted octanol–water partition coefficient (Wildman–Crippen LogP) is 5.98. The van der Waals surface area contributed by atoms with Crippen molar-refractivity contribution in [2.24, 2.45) is 5.92 Å². The number of carbonyl (C=O) groups is 3. The number of hydrogen-bond acceptors (Lipinski definition) is 5. The predicted molar refractivity (Wildman–Crippen MR) is 123 cm³/mol. The summed E-state index contributed by atoms with van der Waals surface area (Å²) in [7, 11) is 0. The highest BCUT2D eigenvalue weighted by molar-refractivity contribution is 5.95. The molecule has 174 valence electrons. The zero-order valence-corrected chi connectivity index (χ0v) is 19.7. The Balaban J connectivity index is 2.89. The van der Waals surface area contributed by atoms with Crippen molar-refractivity contribution in [1.82, 2.24) is 0 Å². The highest BCUT2D eigenvalue weighted by Crippen LogP contribution is 2.49. The van der Waals surface area contributed by atoms with Gasteiger partial charge in [-0.2, -0.15) is 0 Å². The summed E-state index contributed by atoms with van der Waals surface area (Å²) >= 11 is 0. The molecule has 1 aliphatic carbocycles. The van der Waals surface area contributed by atoms with Gasteiger partial charge in [-0.25, -0.2) is 4.79 Å². The Morgan fingerprint density at radius 2 is 1.78 bits per heavy atom. The van der Waals surface area contributed by atoms with E-state index in [1.54, 1.807) is 6.07 Å². The van der Waals surface area contributed by atoms with Gasteiger partial charge in [0.1, 0.15) is 11.3 Å². The number of carbonyl (C=O) groups excluding carboxylic acids is 2. The molecule has 6 nitrogen and oxygen atoms in total. The summed E-state index contributed by atoms with van der Waals surface area (Å²) in [5.74, 6) is -2.44. The third-order valence-electron chi connectivity index (χ3n) is 5.84. The lowest BCUT2D eigenvalue weighted by Gasteiger charge is -2.33. The zero-order valence-electron chi connectivity index (χ0n) is 19.7. The maximum absolute atomic E-state index is 12.4. The Labute approximate surface area is 190 Å². The summed E-state index contributed by atoms with van der Waals surface area (Å²) in [5.41, 5.74) is 2.94. The van der Waals surface area contributed by atoms with Crippen LogP contribution in [0.4, 0.5) is 0 Å². The first-order chi connectivity index (χ1) is 15.1. The fraction of sp³-hybridized carbons (Fsp3) is 0.500. The molecule has 0 amide bonds. The van der Waals surface area contributed by atoms with E-state index in [4.69, 9.17) is 9.47 Å². The molecule has 0 heterocycles. The van der Waals surface area contributed by atoms with Gasteiger partial charge in [-0.15, -0.1) is 0 Å². The number of ether oxygens (including phenoxy) is 2. The van der Waals surface area contributed by atoms with Crippen LogP contribution in [0.2, 0.25) is 0 Å². The molecule has 0 radical (unpaired) electrons. The minimum absolute atomic E-state index is 0.00472. The van der Waals surface area contributed by atoms with Crippen LogP contribution in [0.1, 0.15) is 94.1 Å². The van der Waals surface area contributed by atoms with E-state index < -0.39 is 17.9 Å². The number of carboxylic acid groups (broad SMARTS) is 1. The van der Waals surface area contributed by atoms with Crippen molar-refractivity contribution in [3.05, 3.63) is 46.6 Å². The van der Waals surface area contributed by atoms with E-state index in [0.29, 0.717) is 17.5 Å². The monoisotopic (exact) mass is 442 g/mol. The highest BCUT2D eigenvalue weighted by Gasteiger charge is 2.35. The quantitative estimate of drug-likeness (QED) is 0.219. The first-order valence-electron chi connectivity index (χ1n) is 11.2. The van der Waals surface area contributed by atoms with E-state index in [0.717, 1.165) is 43.3 Å². The summed E-state index contributed by atoms with van der Waals surface area (Å²) < 4.78 is 11.1. The summed E-state index contributed by atoms with van der Waals surface area (Å²) in [4.78, 5) is 36.4. The molecule has 1 N–H and O–H groups in total. The van der Waals surface area contributed by atoms with Gasteiger partial charge in [-0.1, -0.05) is 43.6 Å². The van der Waals surface area contributed by atoms with Crippen LogP contribution in [0.15, 0.2) is 29.9 Å². The Bertz CT molecular complexity index is 940. The minimum atomic E-state index is -1.17. The van der Waals surface area contributed by atoms with Crippen LogP contribution in [0.3, 0.4) is 0 Å². The molecule has 32 heavy (non-hydrogen) atoms. The molecule has 0 saturated carbocycles. The average Bonchev–Trinajstić information content (AvgIpc) is 2.66. The van der Waals surface area contributed by atoms with Crippen LogP contribution in [-0.4, -0.2) is 23.0 Å². The van der Waals surface area contributed by atoms with Gasteiger partial charge >= 0.3 is 17.9 Å². The van der Waals surface area contributed by atoms with Gasteiger partial charge in [0.2, 0.25) is 0 Å². The largest absolute Gasteiger partial charge is 0.478 e. The molecule has 0 aliphatic heterocycles. The topological polar surface area (TPSA) is 89.9 Å². The van der Waals surface area contributed by atoms with E-state index >= 15 is 0 Å². The molecule has 1 aliphatic rings. The van der Waals surface area contributed by atoms with E-state index in [-0.39, 0.29) is 28.9 Å². The first-order valence-corrected chi connectivity index (χ1v) is 11.2. The fourth-order valence-electron chi connectivity index (χ4n) is 4.41. The van der Waals surface area contributed by atoms with E-state index in [1.165, 1.54) is 13.8 Å². The van der Waals surface area contributed by atoms with E-state index in [1.807, 2.05) is 19.9 Å². The van der Waals surface area contributed by atoms with Crippen molar-refractivity contribution < 1.29 is 29.0 Å². The Morgan fingerprint density at radius 3 is 2.31 bits per heavy atom. The second kappa shape index (κ2) is 11.1. The van der Waals surface area contributed by atoms with Gasteiger partial charge in [-0.05, 0) is 57.1 Å². The number of benzene rings is 1. The van der Waals surface area contributed by atoms with Gasteiger partial charge < -0.3 is 14.6 Å². The van der Waals surface area contributed by atoms with Crippen LogP contribution >= 0.6 is 0 Å². The van der Waals surface area contributed by atoms with Crippen LogP contribution in [0.5, 0.6) is 11.5 Å². The molecule has 2 unspecified atom stereocenters. The number of esters is 2. The van der Waals surface area contributed by atoms with Gasteiger partial charge in [0, 0.05) is 25.3 Å². The molecular formula is C26H34O6. The lowest BCUT2D eigenvalue weighted by Crippen LogP contribution is -2.22. The van der Waals surface area contributed by atoms with Crippen molar-refractivity contribution >= 4 is 17.9 Å². The number of rotatable bonds is 9. The standard InChI is InChI=1S/C26H34O6/c1-7-8-9-10-19-14-22(31-17(5)27)24(25(32-18(6)28)23(19)26(29)30)21-13-16(4)11-12-20(21)15(2)3/h13-14,20-21H,2,7-12H2,1,3-6H3,(H,29,30). The summed E-state index contributed by atoms with van der Waals surface area (Å²) in [5, 5.41) is 10.1. The van der Waals surface area contributed by atoms with Crippen LogP contribution < -0.4 is 9.47 Å². The van der Waals surface area contributed by atoms with Crippen molar-refractivity contribution in [2.45, 2.75) is 79.1 Å². The van der Waals surface area contributed by atoms with Crippen molar-refractivity contribution in [3.8, 4) is 11.5 Å². The smallest absolute Gasteiger partial charge is 0.339 e.